The summed E-state index contributed by atoms with van der Waals surface area (Å²) in [6.45, 7) is 4.65. The first-order valence-corrected chi connectivity index (χ1v) is 10.5. The summed E-state index contributed by atoms with van der Waals surface area (Å²) in [5.74, 6) is 1.41. The zero-order chi connectivity index (χ0) is 18.4. The van der Waals surface area contributed by atoms with Gasteiger partial charge in [0, 0.05) is 23.2 Å². The Morgan fingerprint density at radius 3 is 2.62 bits per heavy atom. The summed E-state index contributed by atoms with van der Waals surface area (Å²) in [6, 6.07) is 16.6. The minimum absolute atomic E-state index is 0.0712. The molecule has 0 radical (unpaired) electrons. The third-order valence-corrected chi connectivity index (χ3v) is 5.72. The van der Waals surface area contributed by atoms with E-state index in [9.17, 15) is 4.79 Å². The van der Waals surface area contributed by atoms with Crippen molar-refractivity contribution < 1.29 is 4.79 Å². The average Bonchev–Trinajstić information content (AvgIpc) is 3.07. The van der Waals surface area contributed by atoms with Gasteiger partial charge in [0.25, 0.3) is 0 Å². The number of aryl methyl sites for hydroxylation is 2. The second-order valence-corrected chi connectivity index (χ2v) is 8.26. The molecular weight excluding hydrogens is 360 g/mol. The van der Waals surface area contributed by atoms with Crippen LogP contribution in [0.1, 0.15) is 21.7 Å². The van der Waals surface area contributed by atoms with Gasteiger partial charge in [0.2, 0.25) is 5.91 Å². The lowest BCUT2D eigenvalue weighted by Gasteiger charge is -2.07. The maximum atomic E-state index is 12.0. The van der Waals surface area contributed by atoms with Crippen LogP contribution in [0.5, 0.6) is 0 Å². The van der Waals surface area contributed by atoms with Crippen molar-refractivity contribution in [3.8, 4) is 11.3 Å². The van der Waals surface area contributed by atoms with Crippen LogP contribution >= 0.6 is 23.1 Å². The molecule has 0 atom stereocenters. The van der Waals surface area contributed by atoms with Crippen molar-refractivity contribution in [2.24, 2.45) is 0 Å². The molecule has 3 nitrogen and oxygen atoms in total. The van der Waals surface area contributed by atoms with Crippen molar-refractivity contribution in [1.82, 2.24) is 10.3 Å². The van der Waals surface area contributed by atoms with Crippen LogP contribution in [-0.4, -0.2) is 16.6 Å². The van der Waals surface area contributed by atoms with E-state index >= 15 is 0 Å². The van der Waals surface area contributed by atoms with Crippen molar-refractivity contribution in [2.45, 2.75) is 26.1 Å². The monoisotopic (exact) mass is 382 g/mol. The van der Waals surface area contributed by atoms with Gasteiger partial charge in [-0.3, -0.25) is 4.79 Å². The molecule has 0 saturated carbocycles. The maximum Gasteiger partial charge on any atom is 0.230 e. The molecule has 26 heavy (non-hydrogen) atoms. The van der Waals surface area contributed by atoms with Gasteiger partial charge in [0.05, 0.1) is 16.5 Å². The van der Waals surface area contributed by atoms with Gasteiger partial charge < -0.3 is 5.32 Å². The summed E-state index contributed by atoms with van der Waals surface area (Å²) in [5, 5.41) is 6.12. The SMILES string of the molecule is Cc1cccc(CSCC(=O)NCc2ccc(-c3csc(C)n3)cc2)c1. The highest BCUT2D eigenvalue weighted by Crippen LogP contribution is 2.21. The van der Waals surface area contributed by atoms with E-state index in [1.165, 1.54) is 11.1 Å². The van der Waals surface area contributed by atoms with E-state index in [0.29, 0.717) is 12.3 Å². The molecule has 5 heteroatoms. The molecule has 2 aromatic carbocycles. The topological polar surface area (TPSA) is 42.0 Å². The van der Waals surface area contributed by atoms with E-state index in [2.05, 4.69) is 59.0 Å². The Labute approximate surface area is 162 Å². The van der Waals surface area contributed by atoms with Gasteiger partial charge in [0.1, 0.15) is 0 Å². The molecule has 1 amide bonds. The van der Waals surface area contributed by atoms with Crippen LogP contribution in [0.2, 0.25) is 0 Å². The van der Waals surface area contributed by atoms with Crippen LogP contribution in [0.15, 0.2) is 53.9 Å². The number of nitrogens with one attached hydrogen (secondary N) is 1. The van der Waals surface area contributed by atoms with E-state index in [0.717, 1.165) is 27.6 Å². The molecule has 0 spiro atoms. The number of carbonyl (C=O) groups is 1. The summed E-state index contributed by atoms with van der Waals surface area (Å²) < 4.78 is 0. The predicted octanol–water partition coefficient (Wildman–Crippen LogP) is 4.98. The van der Waals surface area contributed by atoms with Gasteiger partial charge in [-0.1, -0.05) is 54.1 Å². The van der Waals surface area contributed by atoms with Crippen molar-refractivity contribution in [3.05, 3.63) is 75.6 Å². The molecule has 1 heterocycles. The lowest BCUT2D eigenvalue weighted by molar-refractivity contribution is -0.118. The largest absolute Gasteiger partial charge is 0.351 e. The highest BCUT2D eigenvalue weighted by atomic mass is 32.2. The fourth-order valence-electron chi connectivity index (χ4n) is 2.60. The van der Waals surface area contributed by atoms with Crippen molar-refractivity contribution in [3.63, 3.8) is 0 Å². The normalized spacial score (nSPS) is 10.7. The lowest BCUT2D eigenvalue weighted by atomic mass is 10.1. The average molecular weight is 383 g/mol. The molecule has 0 fully saturated rings. The summed E-state index contributed by atoms with van der Waals surface area (Å²) in [4.78, 5) is 16.5. The fourth-order valence-corrected chi connectivity index (χ4v) is 4.03. The highest BCUT2D eigenvalue weighted by molar-refractivity contribution is 7.99. The molecule has 3 aromatic rings. The van der Waals surface area contributed by atoms with Gasteiger partial charge >= 0.3 is 0 Å². The molecule has 0 unspecified atom stereocenters. The number of nitrogens with zero attached hydrogens (tertiary/aromatic N) is 1. The number of benzene rings is 2. The van der Waals surface area contributed by atoms with Crippen molar-refractivity contribution in [1.29, 1.82) is 0 Å². The summed E-state index contributed by atoms with van der Waals surface area (Å²) in [6.07, 6.45) is 0. The Morgan fingerprint density at radius 1 is 1.12 bits per heavy atom. The van der Waals surface area contributed by atoms with Crippen molar-refractivity contribution in [2.75, 3.05) is 5.75 Å². The maximum absolute atomic E-state index is 12.0. The minimum atomic E-state index is 0.0712. The van der Waals surface area contributed by atoms with Crippen LogP contribution in [0.25, 0.3) is 11.3 Å². The summed E-state index contributed by atoms with van der Waals surface area (Å²) in [7, 11) is 0. The Hall–Kier alpha value is -2.11. The molecule has 0 saturated heterocycles. The Kier molecular flexibility index (Phi) is 6.47. The second-order valence-electron chi connectivity index (χ2n) is 6.21. The third-order valence-electron chi connectivity index (χ3n) is 3.94. The van der Waals surface area contributed by atoms with Gasteiger partial charge in [-0.05, 0) is 25.0 Å². The molecule has 0 aliphatic carbocycles. The van der Waals surface area contributed by atoms with Gasteiger partial charge in [-0.25, -0.2) is 4.98 Å². The number of thioether (sulfide) groups is 1. The second kappa shape index (κ2) is 9.01. The molecule has 1 aromatic heterocycles. The number of hydrogen-bond donors (Lipinski definition) is 1. The Bertz CT molecular complexity index is 872. The summed E-state index contributed by atoms with van der Waals surface area (Å²) in [5.41, 5.74) is 5.73. The van der Waals surface area contributed by atoms with Gasteiger partial charge in [-0.15, -0.1) is 23.1 Å². The smallest absolute Gasteiger partial charge is 0.230 e. The predicted molar refractivity (Wildman–Crippen MR) is 111 cm³/mol. The van der Waals surface area contributed by atoms with Crippen LogP contribution in [0.4, 0.5) is 0 Å². The zero-order valence-corrected chi connectivity index (χ0v) is 16.6. The first-order chi connectivity index (χ1) is 12.6. The Balaban J connectivity index is 1.42. The fraction of sp³-hybridized carbons (Fsp3) is 0.238. The summed E-state index contributed by atoms with van der Waals surface area (Å²) >= 11 is 3.30. The van der Waals surface area contributed by atoms with Gasteiger partial charge in [-0.2, -0.15) is 0 Å². The van der Waals surface area contributed by atoms with E-state index in [1.54, 1.807) is 23.1 Å². The van der Waals surface area contributed by atoms with E-state index in [1.807, 2.05) is 19.1 Å². The molecular formula is C21H22N2OS2. The lowest BCUT2D eigenvalue weighted by Crippen LogP contribution is -2.24. The van der Waals surface area contributed by atoms with E-state index in [-0.39, 0.29) is 5.91 Å². The van der Waals surface area contributed by atoms with Crippen LogP contribution in [0, 0.1) is 13.8 Å². The van der Waals surface area contributed by atoms with Crippen LogP contribution < -0.4 is 5.32 Å². The number of carbonyl (C=O) groups excluding carboxylic acids is 1. The van der Waals surface area contributed by atoms with Crippen LogP contribution in [0.3, 0.4) is 0 Å². The van der Waals surface area contributed by atoms with Crippen LogP contribution in [-0.2, 0) is 17.1 Å². The Morgan fingerprint density at radius 2 is 1.92 bits per heavy atom. The number of aromatic nitrogens is 1. The van der Waals surface area contributed by atoms with E-state index < -0.39 is 0 Å². The first-order valence-electron chi connectivity index (χ1n) is 8.51. The quantitative estimate of drug-likeness (QED) is 0.627. The molecule has 0 aliphatic heterocycles. The number of amides is 1. The van der Waals surface area contributed by atoms with Crippen molar-refractivity contribution >= 4 is 29.0 Å². The standard InChI is InChI=1S/C21H22N2OS2/c1-15-4-3-5-18(10-15)12-25-14-21(24)22-11-17-6-8-19(9-7-17)20-13-26-16(2)23-20/h3-10,13H,11-12,14H2,1-2H3,(H,22,24). The number of thiazole rings is 1. The van der Waals surface area contributed by atoms with E-state index in [4.69, 9.17) is 0 Å². The molecule has 134 valence electrons. The van der Waals surface area contributed by atoms with Gasteiger partial charge in [0.15, 0.2) is 0 Å². The third kappa shape index (κ3) is 5.44. The molecule has 1 N–H and O–H groups in total. The number of rotatable bonds is 7. The zero-order valence-electron chi connectivity index (χ0n) is 15.0. The minimum Gasteiger partial charge on any atom is -0.351 e. The number of hydrogen-bond acceptors (Lipinski definition) is 4. The molecule has 3 rings (SSSR count). The molecule has 0 aliphatic rings. The molecule has 0 bridgehead atoms. The highest BCUT2D eigenvalue weighted by Gasteiger charge is 2.05. The first kappa shape index (κ1) is 18.7.